The van der Waals surface area contributed by atoms with Gasteiger partial charge in [0.05, 0.1) is 11.6 Å². The molecule has 21 heavy (non-hydrogen) atoms. The fraction of sp³-hybridized carbons (Fsp3) is 0.438. The van der Waals surface area contributed by atoms with Crippen LogP contribution in [0, 0.1) is 12.3 Å². The van der Waals surface area contributed by atoms with Crippen molar-refractivity contribution >= 4 is 11.6 Å². The van der Waals surface area contributed by atoms with E-state index in [1.54, 1.807) is 31.2 Å². The number of hydrogen-bond acceptors (Lipinski definition) is 4. The maximum atomic E-state index is 10.9. The van der Waals surface area contributed by atoms with Crippen LogP contribution >= 0.6 is 0 Å². The molecule has 0 fully saturated rings. The van der Waals surface area contributed by atoms with Crippen molar-refractivity contribution < 1.29 is 14.6 Å². The molecule has 0 bridgehead atoms. The molecule has 0 saturated carbocycles. The number of terminal acetylenes is 1. The van der Waals surface area contributed by atoms with Gasteiger partial charge in [0.2, 0.25) is 5.91 Å². The Balaban J connectivity index is 2.38. The van der Waals surface area contributed by atoms with E-state index in [0.717, 1.165) is 0 Å². The number of hydrogen-bond donors (Lipinski definition) is 3. The predicted molar refractivity (Wildman–Crippen MR) is 82.9 cm³/mol. The van der Waals surface area contributed by atoms with Gasteiger partial charge in [0.25, 0.3) is 0 Å². The van der Waals surface area contributed by atoms with Gasteiger partial charge in [-0.05, 0) is 44.0 Å². The predicted octanol–water partition coefficient (Wildman–Crippen LogP) is 1.52. The molecule has 0 radical (unpaired) electrons. The molecule has 0 saturated heterocycles. The molecule has 2 unspecified atom stereocenters. The van der Waals surface area contributed by atoms with Crippen molar-refractivity contribution in [2.75, 3.05) is 11.9 Å². The van der Waals surface area contributed by atoms with Crippen LogP contribution in [0.3, 0.4) is 0 Å². The largest absolute Gasteiger partial charge is 0.491 e. The van der Waals surface area contributed by atoms with E-state index in [4.69, 9.17) is 16.9 Å². The molecule has 2 atom stereocenters. The fourth-order valence-corrected chi connectivity index (χ4v) is 1.65. The number of ether oxygens (including phenoxy) is 1. The number of aliphatic hydroxyl groups is 1. The van der Waals surface area contributed by atoms with Crippen molar-refractivity contribution in [2.24, 2.45) is 5.73 Å². The highest BCUT2D eigenvalue weighted by Gasteiger charge is 2.17. The van der Waals surface area contributed by atoms with E-state index < -0.39 is 11.6 Å². The summed E-state index contributed by atoms with van der Waals surface area (Å²) < 4.78 is 5.47. The van der Waals surface area contributed by atoms with Crippen LogP contribution in [0.15, 0.2) is 24.3 Å². The quantitative estimate of drug-likeness (QED) is 0.665. The zero-order chi connectivity index (χ0) is 15.9. The summed E-state index contributed by atoms with van der Waals surface area (Å²) >= 11 is 0. The summed E-state index contributed by atoms with van der Waals surface area (Å²) in [5, 5.41) is 12.5. The monoisotopic (exact) mass is 290 g/mol. The van der Waals surface area contributed by atoms with Gasteiger partial charge < -0.3 is 20.9 Å². The highest BCUT2D eigenvalue weighted by atomic mass is 16.5. The van der Waals surface area contributed by atoms with Gasteiger partial charge in [0.15, 0.2) is 0 Å². The fourth-order valence-electron chi connectivity index (χ4n) is 1.65. The molecule has 4 N–H and O–H groups in total. The van der Waals surface area contributed by atoms with Gasteiger partial charge in [0, 0.05) is 12.6 Å². The molecule has 5 heteroatoms. The second-order valence-electron chi connectivity index (χ2n) is 5.27. The standard InChI is InChI=1S/C16H22N2O3/c1-4-16(3,17)10-9-14(20)11-21-15-7-5-13(6-8-15)18-12(2)19/h1,5-8,14,20H,9-11,17H2,2-3H3,(H,18,19). The molecule has 0 aliphatic carbocycles. The van der Waals surface area contributed by atoms with Crippen molar-refractivity contribution in [3.63, 3.8) is 0 Å². The molecule has 0 spiro atoms. The number of benzene rings is 1. The third-order valence-corrected chi connectivity index (χ3v) is 2.94. The van der Waals surface area contributed by atoms with Crippen molar-refractivity contribution in [1.29, 1.82) is 0 Å². The number of carbonyl (C=O) groups excluding carboxylic acids is 1. The molecular weight excluding hydrogens is 268 g/mol. The molecule has 114 valence electrons. The Labute approximate surface area is 125 Å². The summed E-state index contributed by atoms with van der Waals surface area (Å²) in [7, 11) is 0. The highest BCUT2D eigenvalue weighted by Crippen LogP contribution is 2.17. The Hall–Kier alpha value is -2.03. The maximum Gasteiger partial charge on any atom is 0.221 e. The number of nitrogens with two attached hydrogens (primary N) is 1. The summed E-state index contributed by atoms with van der Waals surface area (Å²) in [6.07, 6.45) is 5.66. The van der Waals surface area contributed by atoms with E-state index in [1.807, 2.05) is 0 Å². The number of nitrogens with one attached hydrogen (secondary N) is 1. The first-order valence-electron chi connectivity index (χ1n) is 6.77. The van der Waals surface area contributed by atoms with Crippen LogP contribution in [-0.4, -0.2) is 29.3 Å². The van der Waals surface area contributed by atoms with Crippen LogP contribution in [0.4, 0.5) is 5.69 Å². The minimum atomic E-state index is -0.707. The first kappa shape index (κ1) is 17.0. The van der Waals surface area contributed by atoms with E-state index in [1.165, 1.54) is 6.92 Å². The molecular formula is C16H22N2O3. The minimum Gasteiger partial charge on any atom is -0.491 e. The lowest BCUT2D eigenvalue weighted by Crippen LogP contribution is -2.35. The molecule has 0 aliphatic heterocycles. The molecule has 0 aliphatic rings. The zero-order valence-corrected chi connectivity index (χ0v) is 12.4. The molecule has 1 rings (SSSR count). The number of aliphatic hydroxyl groups excluding tert-OH is 1. The molecule has 0 aromatic heterocycles. The van der Waals surface area contributed by atoms with E-state index in [-0.39, 0.29) is 12.5 Å². The van der Waals surface area contributed by atoms with Crippen LogP contribution in [0.5, 0.6) is 5.75 Å². The lowest BCUT2D eigenvalue weighted by molar-refractivity contribution is -0.114. The van der Waals surface area contributed by atoms with Crippen LogP contribution in [-0.2, 0) is 4.79 Å². The summed E-state index contributed by atoms with van der Waals surface area (Å²) in [6.45, 7) is 3.36. The minimum absolute atomic E-state index is 0.127. The summed E-state index contributed by atoms with van der Waals surface area (Å²) in [6, 6.07) is 6.93. The molecule has 0 heterocycles. The second kappa shape index (κ2) is 7.67. The van der Waals surface area contributed by atoms with Gasteiger partial charge in [-0.2, -0.15) is 0 Å². The van der Waals surface area contributed by atoms with Crippen LogP contribution in [0.25, 0.3) is 0 Å². The number of carbonyl (C=O) groups is 1. The van der Waals surface area contributed by atoms with E-state index in [2.05, 4.69) is 11.2 Å². The van der Waals surface area contributed by atoms with Gasteiger partial charge in [-0.3, -0.25) is 4.79 Å². The summed E-state index contributed by atoms with van der Waals surface area (Å²) in [4.78, 5) is 10.9. The topological polar surface area (TPSA) is 84.6 Å². The second-order valence-corrected chi connectivity index (χ2v) is 5.27. The van der Waals surface area contributed by atoms with E-state index in [0.29, 0.717) is 24.3 Å². The van der Waals surface area contributed by atoms with Crippen molar-refractivity contribution in [1.82, 2.24) is 0 Å². The van der Waals surface area contributed by atoms with Gasteiger partial charge in [-0.1, -0.05) is 5.92 Å². The Morgan fingerprint density at radius 1 is 1.52 bits per heavy atom. The lowest BCUT2D eigenvalue weighted by Gasteiger charge is -2.19. The SMILES string of the molecule is C#CC(C)(N)CCC(O)COc1ccc(NC(C)=O)cc1. The molecule has 1 aromatic rings. The zero-order valence-electron chi connectivity index (χ0n) is 12.4. The van der Waals surface area contributed by atoms with Crippen molar-refractivity contribution in [3.8, 4) is 18.1 Å². The Kier molecular flexibility index (Phi) is 6.22. The third-order valence-electron chi connectivity index (χ3n) is 2.94. The third kappa shape index (κ3) is 6.80. The van der Waals surface area contributed by atoms with Crippen LogP contribution in [0.1, 0.15) is 26.7 Å². The van der Waals surface area contributed by atoms with Gasteiger partial charge in [-0.15, -0.1) is 6.42 Å². The Morgan fingerprint density at radius 2 is 2.14 bits per heavy atom. The molecule has 1 aromatic carbocycles. The van der Waals surface area contributed by atoms with Gasteiger partial charge in [0.1, 0.15) is 12.4 Å². The summed E-state index contributed by atoms with van der Waals surface area (Å²) in [5.41, 5.74) is 5.80. The molecule has 1 amide bonds. The molecule has 5 nitrogen and oxygen atoms in total. The first-order chi connectivity index (χ1) is 9.82. The van der Waals surface area contributed by atoms with E-state index in [9.17, 15) is 9.90 Å². The average Bonchev–Trinajstić information content (AvgIpc) is 2.44. The number of amides is 1. The Bertz CT molecular complexity index is 503. The van der Waals surface area contributed by atoms with Gasteiger partial charge in [-0.25, -0.2) is 0 Å². The van der Waals surface area contributed by atoms with Crippen LogP contribution in [0.2, 0.25) is 0 Å². The lowest BCUT2D eigenvalue weighted by atomic mass is 9.96. The number of rotatable bonds is 7. The number of anilines is 1. The first-order valence-corrected chi connectivity index (χ1v) is 6.77. The normalized spacial score (nSPS) is 14.6. The maximum absolute atomic E-state index is 10.9. The van der Waals surface area contributed by atoms with Crippen molar-refractivity contribution in [3.05, 3.63) is 24.3 Å². The summed E-state index contributed by atoms with van der Waals surface area (Å²) in [5.74, 6) is 2.98. The van der Waals surface area contributed by atoms with E-state index >= 15 is 0 Å². The van der Waals surface area contributed by atoms with Crippen LogP contribution < -0.4 is 15.8 Å². The van der Waals surface area contributed by atoms with Crippen molar-refractivity contribution in [2.45, 2.75) is 38.3 Å². The average molecular weight is 290 g/mol. The van der Waals surface area contributed by atoms with Gasteiger partial charge >= 0.3 is 0 Å². The highest BCUT2D eigenvalue weighted by molar-refractivity contribution is 5.88. The smallest absolute Gasteiger partial charge is 0.221 e. The Morgan fingerprint density at radius 3 is 2.67 bits per heavy atom.